The fraction of sp³-hybridized carbons (Fsp3) is 0.500. The minimum atomic E-state index is 0.0607. The molecule has 1 aliphatic heterocycles. The number of halogens is 2. The molecule has 4 heteroatoms. The zero-order chi connectivity index (χ0) is 11.5. The van der Waals surface area contributed by atoms with Crippen LogP contribution in [0, 0.1) is 0 Å². The molecular weight excluding hydrogens is 289 g/mol. The summed E-state index contributed by atoms with van der Waals surface area (Å²) in [6.45, 7) is 3.78. The van der Waals surface area contributed by atoms with Crippen molar-refractivity contribution in [3.63, 3.8) is 0 Å². The Morgan fingerprint density at radius 1 is 1.50 bits per heavy atom. The normalized spacial score (nSPS) is 26.4. The molecule has 2 rings (SSSR count). The van der Waals surface area contributed by atoms with Crippen LogP contribution in [-0.2, 0) is 4.74 Å². The van der Waals surface area contributed by atoms with Crippen molar-refractivity contribution in [1.29, 1.82) is 0 Å². The quantitative estimate of drug-likeness (QED) is 0.857. The first-order valence-electron chi connectivity index (χ1n) is 5.47. The van der Waals surface area contributed by atoms with Crippen molar-refractivity contribution in [1.82, 2.24) is 5.32 Å². The summed E-state index contributed by atoms with van der Waals surface area (Å²) in [5.74, 6) is 0. The maximum atomic E-state index is 6.21. The van der Waals surface area contributed by atoms with E-state index in [4.69, 9.17) is 16.3 Å². The highest BCUT2D eigenvalue weighted by atomic mass is 79.9. The summed E-state index contributed by atoms with van der Waals surface area (Å²) in [4.78, 5) is 0. The molecule has 2 unspecified atom stereocenters. The number of ether oxygens (including phenoxy) is 1. The Morgan fingerprint density at radius 2 is 2.31 bits per heavy atom. The van der Waals surface area contributed by atoms with Gasteiger partial charge >= 0.3 is 0 Å². The molecule has 0 amide bonds. The monoisotopic (exact) mass is 303 g/mol. The van der Waals surface area contributed by atoms with Crippen LogP contribution in [0.5, 0.6) is 0 Å². The van der Waals surface area contributed by atoms with E-state index in [1.165, 1.54) is 0 Å². The van der Waals surface area contributed by atoms with Crippen molar-refractivity contribution in [3.8, 4) is 0 Å². The molecule has 1 fully saturated rings. The van der Waals surface area contributed by atoms with Gasteiger partial charge in [0.25, 0.3) is 0 Å². The third kappa shape index (κ3) is 2.98. The van der Waals surface area contributed by atoms with E-state index in [1.807, 2.05) is 18.2 Å². The van der Waals surface area contributed by atoms with Crippen molar-refractivity contribution in [2.24, 2.45) is 0 Å². The van der Waals surface area contributed by atoms with Crippen LogP contribution in [0.1, 0.15) is 25.0 Å². The molecule has 1 N–H and O–H groups in total. The predicted molar refractivity (Wildman–Crippen MR) is 69.9 cm³/mol. The second kappa shape index (κ2) is 5.50. The van der Waals surface area contributed by atoms with E-state index in [2.05, 4.69) is 28.2 Å². The van der Waals surface area contributed by atoms with E-state index in [0.717, 1.165) is 34.6 Å². The number of benzene rings is 1. The van der Waals surface area contributed by atoms with Crippen LogP contribution in [0.4, 0.5) is 0 Å². The maximum absolute atomic E-state index is 6.21. The Labute approximate surface area is 109 Å². The molecule has 0 saturated carbocycles. The number of hydrogen-bond donors (Lipinski definition) is 1. The average Bonchev–Trinajstić information content (AvgIpc) is 2.43. The van der Waals surface area contributed by atoms with Crippen LogP contribution in [0.2, 0.25) is 5.02 Å². The van der Waals surface area contributed by atoms with E-state index in [9.17, 15) is 0 Å². The van der Waals surface area contributed by atoms with Gasteiger partial charge in [-0.2, -0.15) is 0 Å². The first-order chi connectivity index (χ1) is 7.66. The van der Waals surface area contributed by atoms with E-state index in [1.54, 1.807) is 0 Å². The molecule has 1 aliphatic rings. The third-order valence-corrected chi connectivity index (χ3v) is 3.65. The molecule has 1 aromatic carbocycles. The summed E-state index contributed by atoms with van der Waals surface area (Å²) in [5, 5.41) is 4.20. The predicted octanol–water partition coefficient (Wildman–Crippen LogP) is 3.54. The van der Waals surface area contributed by atoms with Gasteiger partial charge in [0.05, 0.1) is 6.10 Å². The molecular formula is C12H15BrClNO. The number of hydrogen-bond acceptors (Lipinski definition) is 2. The minimum Gasteiger partial charge on any atom is -0.372 e. The van der Waals surface area contributed by atoms with Crippen LogP contribution in [-0.4, -0.2) is 19.2 Å². The second-order valence-corrected chi connectivity index (χ2v) is 5.45. The highest BCUT2D eigenvalue weighted by molar-refractivity contribution is 9.10. The van der Waals surface area contributed by atoms with Gasteiger partial charge in [0.15, 0.2) is 0 Å². The standard InChI is InChI=1S/C12H15BrClNO/c1-8-4-5-16-12(7-15-8)10-3-2-9(13)6-11(10)14/h2-3,6,8,12,15H,4-5,7H2,1H3. The highest BCUT2D eigenvalue weighted by Gasteiger charge is 2.19. The number of nitrogens with one attached hydrogen (secondary N) is 1. The average molecular weight is 305 g/mol. The van der Waals surface area contributed by atoms with E-state index in [0.29, 0.717) is 6.04 Å². The smallest absolute Gasteiger partial charge is 0.0963 e. The molecule has 0 aromatic heterocycles. The zero-order valence-corrected chi connectivity index (χ0v) is 11.5. The Bertz CT molecular complexity index is 372. The van der Waals surface area contributed by atoms with Gasteiger partial charge in [0, 0.05) is 34.3 Å². The molecule has 0 spiro atoms. The van der Waals surface area contributed by atoms with Crippen molar-refractivity contribution in [3.05, 3.63) is 33.3 Å². The lowest BCUT2D eigenvalue weighted by Gasteiger charge is -2.17. The Balaban J connectivity index is 2.16. The molecule has 16 heavy (non-hydrogen) atoms. The van der Waals surface area contributed by atoms with Gasteiger partial charge in [-0.1, -0.05) is 33.6 Å². The molecule has 2 atom stereocenters. The van der Waals surface area contributed by atoms with Crippen LogP contribution < -0.4 is 5.32 Å². The summed E-state index contributed by atoms with van der Waals surface area (Å²) >= 11 is 9.62. The molecule has 0 radical (unpaired) electrons. The summed E-state index contributed by atoms with van der Waals surface area (Å²) in [6.07, 6.45) is 1.11. The number of rotatable bonds is 1. The largest absolute Gasteiger partial charge is 0.372 e. The summed E-state index contributed by atoms with van der Waals surface area (Å²) in [6, 6.07) is 6.45. The Hall–Kier alpha value is -0.0900. The van der Waals surface area contributed by atoms with Gasteiger partial charge in [-0.15, -0.1) is 0 Å². The van der Waals surface area contributed by atoms with Crippen molar-refractivity contribution < 1.29 is 4.74 Å². The summed E-state index contributed by atoms with van der Waals surface area (Å²) in [5.41, 5.74) is 1.06. The second-order valence-electron chi connectivity index (χ2n) is 4.12. The first-order valence-corrected chi connectivity index (χ1v) is 6.64. The lowest BCUT2D eigenvalue weighted by Crippen LogP contribution is -2.27. The zero-order valence-electron chi connectivity index (χ0n) is 9.17. The highest BCUT2D eigenvalue weighted by Crippen LogP contribution is 2.29. The van der Waals surface area contributed by atoms with Gasteiger partial charge in [0.2, 0.25) is 0 Å². The first kappa shape index (κ1) is 12.4. The fourth-order valence-electron chi connectivity index (χ4n) is 1.82. The summed E-state index contributed by atoms with van der Waals surface area (Å²) < 4.78 is 6.81. The SMILES string of the molecule is CC1CCOC(c2ccc(Br)cc2Cl)CN1. The fourth-order valence-corrected chi connectivity index (χ4v) is 2.61. The van der Waals surface area contributed by atoms with Gasteiger partial charge in [-0.05, 0) is 25.5 Å². The minimum absolute atomic E-state index is 0.0607. The van der Waals surface area contributed by atoms with E-state index < -0.39 is 0 Å². The van der Waals surface area contributed by atoms with Gasteiger partial charge < -0.3 is 10.1 Å². The molecule has 0 bridgehead atoms. The lowest BCUT2D eigenvalue weighted by atomic mass is 10.1. The van der Waals surface area contributed by atoms with E-state index in [-0.39, 0.29) is 6.10 Å². The van der Waals surface area contributed by atoms with E-state index >= 15 is 0 Å². The maximum Gasteiger partial charge on any atom is 0.0963 e. The Kier molecular flexibility index (Phi) is 4.25. The molecule has 88 valence electrons. The van der Waals surface area contributed by atoms with Crippen molar-refractivity contribution >= 4 is 27.5 Å². The lowest BCUT2D eigenvalue weighted by molar-refractivity contribution is 0.0665. The summed E-state index contributed by atoms with van der Waals surface area (Å²) in [7, 11) is 0. The molecule has 1 saturated heterocycles. The molecule has 1 aromatic rings. The van der Waals surface area contributed by atoms with Crippen molar-refractivity contribution in [2.75, 3.05) is 13.2 Å². The molecule has 0 aliphatic carbocycles. The van der Waals surface area contributed by atoms with Gasteiger partial charge in [-0.25, -0.2) is 0 Å². The van der Waals surface area contributed by atoms with Crippen LogP contribution in [0.15, 0.2) is 22.7 Å². The van der Waals surface area contributed by atoms with Crippen LogP contribution in [0.3, 0.4) is 0 Å². The third-order valence-electron chi connectivity index (χ3n) is 2.83. The molecule has 1 heterocycles. The topological polar surface area (TPSA) is 21.3 Å². The van der Waals surface area contributed by atoms with Gasteiger partial charge in [0.1, 0.15) is 0 Å². The van der Waals surface area contributed by atoms with Gasteiger partial charge in [-0.3, -0.25) is 0 Å². The Morgan fingerprint density at radius 3 is 3.06 bits per heavy atom. The van der Waals surface area contributed by atoms with Crippen molar-refractivity contribution in [2.45, 2.75) is 25.5 Å². The van der Waals surface area contributed by atoms with Crippen LogP contribution >= 0.6 is 27.5 Å². The van der Waals surface area contributed by atoms with Crippen LogP contribution in [0.25, 0.3) is 0 Å². The molecule has 2 nitrogen and oxygen atoms in total.